The average molecular weight is 344 g/mol. The number of carbonyl (C=O) groups is 1. The van der Waals surface area contributed by atoms with Crippen molar-refractivity contribution in [2.45, 2.75) is 32.6 Å². The first-order valence-electron chi connectivity index (χ1n) is 7.87. The molecule has 1 aliphatic heterocycles. The van der Waals surface area contributed by atoms with Crippen molar-refractivity contribution in [3.05, 3.63) is 23.0 Å². The van der Waals surface area contributed by atoms with Gasteiger partial charge in [0, 0.05) is 39.0 Å². The van der Waals surface area contributed by atoms with Crippen molar-refractivity contribution >= 4 is 17.6 Å². The maximum atomic E-state index is 12.2. The van der Waals surface area contributed by atoms with Crippen LogP contribution in [0.1, 0.15) is 26.0 Å². The first-order chi connectivity index (χ1) is 10.8. The van der Waals surface area contributed by atoms with E-state index in [1.165, 1.54) is 0 Å². The van der Waals surface area contributed by atoms with E-state index in [9.17, 15) is 4.79 Å². The molecule has 1 aliphatic rings. The molecule has 0 aromatic carbocycles. The van der Waals surface area contributed by atoms with E-state index >= 15 is 0 Å². The normalized spacial score (nSPS) is 18.0. The summed E-state index contributed by atoms with van der Waals surface area (Å²) >= 11 is 5.96. The Kier molecular flexibility index (Phi) is 5.95. The maximum Gasteiger partial charge on any atom is 0.317 e. The number of ether oxygens (including phenoxy) is 2. The molecule has 1 aromatic rings. The number of amides is 2. The molecule has 130 valence electrons. The van der Waals surface area contributed by atoms with Gasteiger partial charge in [-0.05, 0) is 18.9 Å². The molecule has 1 aromatic heterocycles. The van der Waals surface area contributed by atoms with Crippen LogP contribution in [0.5, 0.6) is 0 Å². The number of hydrogen-bond donors (Lipinski definition) is 1. The molecule has 1 unspecified atom stereocenters. The van der Waals surface area contributed by atoms with Crippen molar-refractivity contribution < 1.29 is 14.3 Å². The van der Waals surface area contributed by atoms with Gasteiger partial charge in [0.1, 0.15) is 0 Å². The second-order valence-corrected chi connectivity index (χ2v) is 6.88. The van der Waals surface area contributed by atoms with E-state index in [2.05, 4.69) is 12.2 Å². The molecule has 6 nitrogen and oxygen atoms in total. The van der Waals surface area contributed by atoms with Crippen LogP contribution in [-0.4, -0.2) is 48.1 Å². The van der Waals surface area contributed by atoms with Gasteiger partial charge >= 0.3 is 6.03 Å². The highest BCUT2D eigenvalue weighted by atomic mass is 35.5. The third-order valence-corrected chi connectivity index (χ3v) is 4.25. The predicted octanol–water partition coefficient (Wildman–Crippen LogP) is 2.61. The number of hydrogen-bond acceptors (Lipinski definition) is 3. The lowest BCUT2D eigenvalue weighted by Gasteiger charge is -2.26. The van der Waals surface area contributed by atoms with Crippen LogP contribution in [0.3, 0.4) is 0 Å². The van der Waals surface area contributed by atoms with Crippen LogP contribution < -0.4 is 5.32 Å². The summed E-state index contributed by atoms with van der Waals surface area (Å²) in [5, 5.41) is 3.63. The van der Waals surface area contributed by atoms with Crippen LogP contribution >= 0.6 is 11.6 Å². The molecule has 0 bridgehead atoms. The van der Waals surface area contributed by atoms with Crippen molar-refractivity contribution in [2.75, 3.05) is 26.8 Å². The van der Waals surface area contributed by atoms with Crippen molar-refractivity contribution in [1.82, 2.24) is 14.8 Å². The summed E-state index contributed by atoms with van der Waals surface area (Å²) in [7, 11) is 3.68. The van der Waals surface area contributed by atoms with E-state index in [1.807, 2.05) is 30.8 Å². The molecule has 1 fully saturated rings. The van der Waals surface area contributed by atoms with Crippen molar-refractivity contribution in [3.8, 4) is 0 Å². The third-order valence-electron chi connectivity index (χ3n) is 4.04. The summed E-state index contributed by atoms with van der Waals surface area (Å²) < 4.78 is 13.1. The number of nitrogens with zero attached hydrogens (tertiary/aromatic N) is 2. The molecule has 1 N–H and O–H groups in total. The molecular formula is C16H26ClN3O3. The van der Waals surface area contributed by atoms with E-state index in [1.54, 1.807) is 11.9 Å². The van der Waals surface area contributed by atoms with Crippen LogP contribution in [0, 0.1) is 5.92 Å². The number of carbonyl (C=O) groups excluding carboxylic acids is 1. The van der Waals surface area contributed by atoms with Gasteiger partial charge < -0.3 is 24.3 Å². The van der Waals surface area contributed by atoms with Crippen LogP contribution in [0.25, 0.3) is 0 Å². The quantitative estimate of drug-likeness (QED) is 0.863. The Morgan fingerprint density at radius 1 is 1.52 bits per heavy atom. The van der Waals surface area contributed by atoms with Crippen LogP contribution in [0.4, 0.5) is 4.79 Å². The minimum absolute atomic E-state index is 0.104. The fraction of sp³-hybridized carbons (Fsp3) is 0.688. The molecule has 0 saturated carbocycles. The number of nitrogens with one attached hydrogen (secondary N) is 1. The maximum absolute atomic E-state index is 12.2. The lowest BCUT2D eigenvalue weighted by molar-refractivity contribution is -0.153. The van der Waals surface area contributed by atoms with E-state index in [0.717, 1.165) is 12.1 Å². The monoisotopic (exact) mass is 343 g/mol. The smallest absolute Gasteiger partial charge is 0.317 e. The zero-order valence-electron chi connectivity index (χ0n) is 14.3. The second-order valence-electron chi connectivity index (χ2n) is 6.44. The summed E-state index contributed by atoms with van der Waals surface area (Å²) in [5.74, 6) is -0.254. The molecule has 0 spiro atoms. The molecule has 1 saturated heterocycles. The first-order valence-corrected chi connectivity index (χ1v) is 8.24. The summed E-state index contributed by atoms with van der Waals surface area (Å²) in [6.07, 6.45) is 2.58. The molecule has 2 rings (SSSR count). The number of aryl methyl sites for hydroxylation is 1. The number of rotatable bonds is 6. The Balaban J connectivity index is 1.76. The zero-order valence-corrected chi connectivity index (χ0v) is 15.0. The zero-order chi connectivity index (χ0) is 17.0. The summed E-state index contributed by atoms with van der Waals surface area (Å²) in [5.41, 5.74) is 0.987. The van der Waals surface area contributed by atoms with Gasteiger partial charge in [0.15, 0.2) is 5.79 Å². The van der Waals surface area contributed by atoms with Gasteiger partial charge in [-0.25, -0.2) is 4.79 Å². The molecule has 23 heavy (non-hydrogen) atoms. The SMILES string of the molecule is CC(CNC(=O)N(C)Cc1cc(Cl)cn1C)CC1(C)OCCO1. The fourth-order valence-corrected chi connectivity index (χ4v) is 3.09. The highest BCUT2D eigenvalue weighted by Gasteiger charge is 2.32. The highest BCUT2D eigenvalue weighted by molar-refractivity contribution is 6.30. The Morgan fingerprint density at radius 3 is 2.74 bits per heavy atom. The van der Waals surface area contributed by atoms with Crippen LogP contribution in [0.2, 0.25) is 5.02 Å². The predicted molar refractivity (Wildman–Crippen MR) is 89.4 cm³/mol. The third kappa shape index (κ3) is 5.12. The minimum atomic E-state index is -0.518. The highest BCUT2D eigenvalue weighted by Crippen LogP contribution is 2.26. The average Bonchev–Trinajstić information content (AvgIpc) is 3.02. The van der Waals surface area contributed by atoms with Gasteiger partial charge in [-0.2, -0.15) is 0 Å². The van der Waals surface area contributed by atoms with Gasteiger partial charge in [0.25, 0.3) is 0 Å². The van der Waals surface area contributed by atoms with E-state index in [4.69, 9.17) is 21.1 Å². The lowest BCUT2D eigenvalue weighted by atomic mass is 10.0. The minimum Gasteiger partial charge on any atom is -0.351 e. The molecule has 1 atom stereocenters. The lowest BCUT2D eigenvalue weighted by Crippen LogP contribution is -2.40. The second kappa shape index (κ2) is 7.55. The number of halogens is 1. The van der Waals surface area contributed by atoms with Gasteiger partial charge in [0.2, 0.25) is 0 Å². The topological polar surface area (TPSA) is 55.7 Å². The standard InChI is InChI=1S/C16H26ClN3O3/c1-12(8-16(2)22-5-6-23-16)9-18-15(21)20(4)11-14-7-13(17)10-19(14)3/h7,10,12H,5-6,8-9,11H2,1-4H3,(H,18,21). The molecule has 2 amide bonds. The summed E-state index contributed by atoms with van der Waals surface area (Å²) in [4.78, 5) is 13.8. The fourth-order valence-electron chi connectivity index (χ4n) is 2.81. The Morgan fingerprint density at radius 2 is 2.17 bits per heavy atom. The van der Waals surface area contributed by atoms with Crippen LogP contribution in [0.15, 0.2) is 12.3 Å². The molecule has 2 heterocycles. The first kappa shape index (κ1) is 18.1. The Labute approximate surface area is 142 Å². The van der Waals surface area contributed by atoms with E-state index < -0.39 is 5.79 Å². The molecule has 0 radical (unpaired) electrons. The Hall–Kier alpha value is -1.24. The van der Waals surface area contributed by atoms with Gasteiger partial charge in [-0.3, -0.25) is 0 Å². The largest absolute Gasteiger partial charge is 0.351 e. The summed E-state index contributed by atoms with van der Waals surface area (Å²) in [6, 6.07) is 1.76. The molecule has 0 aliphatic carbocycles. The van der Waals surface area contributed by atoms with Gasteiger partial charge in [-0.15, -0.1) is 0 Å². The van der Waals surface area contributed by atoms with Crippen molar-refractivity contribution in [2.24, 2.45) is 13.0 Å². The van der Waals surface area contributed by atoms with E-state index in [0.29, 0.717) is 31.3 Å². The molecule has 7 heteroatoms. The van der Waals surface area contributed by atoms with Crippen molar-refractivity contribution in [3.63, 3.8) is 0 Å². The summed E-state index contributed by atoms with van der Waals surface area (Å²) in [6.45, 7) is 6.39. The van der Waals surface area contributed by atoms with E-state index in [-0.39, 0.29) is 11.9 Å². The van der Waals surface area contributed by atoms with Gasteiger partial charge in [-0.1, -0.05) is 18.5 Å². The van der Waals surface area contributed by atoms with Crippen molar-refractivity contribution in [1.29, 1.82) is 0 Å². The Bertz CT molecular complexity index is 541. The number of aromatic nitrogens is 1. The number of urea groups is 1. The van der Waals surface area contributed by atoms with Crippen LogP contribution in [-0.2, 0) is 23.1 Å². The van der Waals surface area contributed by atoms with Gasteiger partial charge in [0.05, 0.1) is 24.8 Å². The molecular weight excluding hydrogens is 318 g/mol.